The summed E-state index contributed by atoms with van der Waals surface area (Å²) in [7, 11) is 1.36. The fourth-order valence-corrected chi connectivity index (χ4v) is 1.02. The Hall–Kier alpha value is -1.64. The van der Waals surface area contributed by atoms with Gasteiger partial charge in [-0.25, -0.2) is 0 Å². The monoisotopic (exact) mass is 191 g/mol. The van der Waals surface area contributed by atoms with Gasteiger partial charge in [-0.3, -0.25) is 9.79 Å². The normalized spacial score (nSPS) is 11.1. The van der Waals surface area contributed by atoms with Gasteiger partial charge < -0.3 is 4.74 Å². The van der Waals surface area contributed by atoms with Gasteiger partial charge in [-0.15, -0.1) is 0 Å². The molecule has 3 nitrogen and oxygen atoms in total. The van der Waals surface area contributed by atoms with E-state index < -0.39 is 0 Å². The van der Waals surface area contributed by atoms with E-state index in [0.717, 1.165) is 11.3 Å². The van der Waals surface area contributed by atoms with Crippen molar-refractivity contribution in [2.45, 2.75) is 6.92 Å². The molecule has 74 valence electrons. The predicted octanol–water partition coefficient (Wildman–Crippen LogP) is 1.67. The number of hydrogen-bond donors (Lipinski definition) is 0. The van der Waals surface area contributed by atoms with Crippen LogP contribution in [0.2, 0.25) is 0 Å². The van der Waals surface area contributed by atoms with Gasteiger partial charge in [0.2, 0.25) is 0 Å². The zero-order valence-electron chi connectivity index (χ0n) is 8.36. The summed E-state index contributed by atoms with van der Waals surface area (Å²) in [5.41, 5.74) is 1.87. The Bertz CT molecular complexity index is 330. The molecule has 1 rings (SSSR count). The molecule has 1 aromatic carbocycles. The first-order valence-electron chi connectivity index (χ1n) is 4.37. The Morgan fingerprint density at radius 3 is 2.57 bits per heavy atom. The lowest BCUT2D eigenvalue weighted by atomic mass is 10.1. The van der Waals surface area contributed by atoms with Crippen LogP contribution in [0.1, 0.15) is 12.5 Å². The van der Waals surface area contributed by atoms with Crippen LogP contribution in [-0.4, -0.2) is 25.3 Å². The van der Waals surface area contributed by atoms with E-state index in [9.17, 15) is 4.79 Å². The van der Waals surface area contributed by atoms with E-state index in [1.54, 1.807) is 0 Å². The molecule has 0 amide bonds. The molecular weight excluding hydrogens is 178 g/mol. The number of carbonyl (C=O) groups is 1. The highest BCUT2D eigenvalue weighted by Crippen LogP contribution is 2.00. The van der Waals surface area contributed by atoms with Crippen molar-refractivity contribution in [1.29, 1.82) is 0 Å². The SMILES string of the molecule is COC(=O)C/N=C(/C)c1ccccc1. The molecule has 0 saturated heterocycles. The quantitative estimate of drug-likeness (QED) is 0.538. The van der Waals surface area contributed by atoms with Crippen molar-refractivity contribution in [3.63, 3.8) is 0 Å². The lowest BCUT2D eigenvalue weighted by molar-refractivity contribution is -0.138. The van der Waals surface area contributed by atoms with Crippen molar-refractivity contribution in [3.8, 4) is 0 Å². The van der Waals surface area contributed by atoms with Crippen LogP contribution in [0.5, 0.6) is 0 Å². The van der Waals surface area contributed by atoms with Crippen molar-refractivity contribution in [1.82, 2.24) is 0 Å². The predicted molar refractivity (Wildman–Crippen MR) is 55.5 cm³/mol. The van der Waals surface area contributed by atoms with Crippen LogP contribution in [-0.2, 0) is 9.53 Å². The smallest absolute Gasteiger partial charge is 0.327 e. The summed E-state index contributed by atoms with van der Waals surface area (Å²) in [5, 5.41) is 0. The second-order valence-corrected chi connectivity index (χ2v) is 2.84. The zero-order valence-corrected chi connectivity index (χ0v) is 8.36. The van der Waals surface area contributed by atoms with Crippen molar-refractivity contribution in [2.24, 2.45) is 4.99 Å². The third-order valence-corrected chi connectivity index (χ3v) is 1.86. The Morgan fingerprint density at radius 2 is 2.00 bits per heavy atom. The summed E-state index contributed by atoms with van der Waals surface area (Å²) < 4.78 is 4.49. The van der Waals surface area contributed by atoms with Gasteiger partial charge in [0.1, 0.15) is 6.54 Å². The van der Waals surface area contributed by atoms with Gasteiger partial charge in [0.25, 0.3) is 0 Å². The summed E-state index contributed by atoms with van der Waals surface area (Å²) in [6.45, 7) is 1.95. The Labute approximate surface area is 83.4 Å². The lowest BCUT2D eigenvalue weighted by Crippen LogP contribution is -2.06. The number of ether oxygens (including phenoxy) is 1. The number of methoxy groups -OCH3 is 1. The van der Waals surface area contributed by atoms with E-state index in [1.807, 2.05) is 37.3 Å². The first-order chi connectivity index (χ1) is 6.74. The number of esters is 1. The second kappa shape index (κ2) is 5.17. The van der Waals surface area contributed by atoms with Crippen molar-refractivity contribution >= 4 is 11.7 Å². The van der Waals surface area contributed by atoms with Crippen LogP contribution < -0.4 is 0 Å². The average Bonchev–Trinajstić information content (AvgIpc) is 2.26. The molecule has 0 bridgehead atoms. The van der Waals surface area contributed by atoms with Crippen molar-refractivity contribution in [2.75, 3.05) is 13.7 Å². The fourth-order valence-electron chi connectivity index (χ4n) is 1.02. The molecule has 0 unspecified atom stereocenters. The molecule has 14 heavy (non-hydrogen) atoms. The van der Waals surface area contributed by atoms with E-state index in [0.29, 0.717) is 0 Å². The van der Waals surface area contributed by atoms with Gasteiger partial charge in [0.15, 0.2) is 0 Å². The molecule has 1 aromatic rings. The second-order valence-electron chi connectivity index (χ2n) is 2.84. The molecule has 3 heteroatoms. The van der Waals surface area contributed by atoms with Gasteiger partial charge in [0.05, 0.1) is 7.11 Å². The minimum absolute atomic E-state index is 0.0806. The van der Waals surface area contributed by atoms with Crippen LogP contribution in [0.25, 0.3) is 0 Å². The third-order valence-electron chi connectivity index (χ3n) is 1.86. The number of nitrogens with zero attached hydrogens (tertiary/aromatic N) is 1. The Morgan fingerprint density at radius 1 is 1.36 bits per heavy atom. The highest BCUT2D eigenvalue weighted by Gasteiger charge is 1.99. The van der Waals surface area contributed by atoms with E-state index in [1.165, 1.54) is 7.11 Å². The maximum absolute atomic E-state index is 10.8. The Balaban J connectivity index is 2.66. The molecule has 0 spiro atoms. The number of benzene rings is 1. The minimum Gasteiger partial charge on any atom is -0.468 e. The first kappa shape index (κ1) is 10.4. The van der Waals surface area contributed by atoms with Crippen LogP contribution in [0, 0.1) is 0 Å². The van der Waals surface area contributed by atoms with Gasteiger partial charge in [0, 0.05) is 5.71 Å². The molecule has 0 aliphatic carbocycles. The van der Waals surface area contributed by atoms with Gasteiger partial charge in [-0.2, -0.15) is 0 Å². The van der Waals surface area contributed by atoms with Crippen LogP contribution in [0.4, 0.5) is 0 Å². The number of hydrogen-bond acceptors (Lipinski definition) is 3. The molecular formula is C11H13NO2. The highest BCUT2D eigenvalue weighted by molar-refractivity contribution is 5.99. The molecule has 0 saturated carbocycles. The zero-order chi connectivity index (χ0) is 10.4. The lowest BCUT2D eigenvalue weighted by Gasteiger charge is -1.99. The largest absolute Gasteiger partial charge is 0.468 e. The summed E-state index contributed by atoms with van der Waals surface area (Å²) in [6, 6.07) is 9.72. The maximum atomic E-state index is 10.8. The maximum Gasteiger partial charge on any atom is 0.327 e. The molecule has 0 radical (unpaired) electrons. The van der Waals surface area contributed by atoms with Gasteiger partial charge in [-0.1, -0.05) is 30.3 Å². The Kier molecular flexibility index (Phi) is 3.85. The number of rotatable bonds is 3. The number of aliphatic imine (C=N–C) groups is 1. The van der Waals surface area contributed by atoms with Crippen LogP contribution in [0.15, 0.2) is 35.3 Å². The van der Waals surface area contributed by atoms with Gasteiger partial charge in [-0.05, 0) is 12.5 Å². The standard InChI is InChI=1S/C11H13NO2/c1-9(12-8-11(13)14-2)10-6-4-3-5-7-10/h3-7H,8H2,1-2H3/b12-9-. The van der Waals surface area contributed by atoms with E-state index in [-0.39, 0.29) is 12.5 Å². The highest BCUT2D eigenvalue weighted by atomic mass is 16.5. The van der Waals surface area contributed by atoms with E-state index in [2.05, 4.69) is 9.73 Å². The van der Waals surface area contributed by atoms with E-state index in [4.69, 9.17) is 0 Å². The van der Waals surface area contributed by atoms with E-state index >= 15 is 0 Å². The van der Waals surface area contributed by atoms with Gasteiger partial charge >= 0.3 is 5.97 Å². The van der Waals surface area contributed by atoms with Crippen molar-refractivity contribution in [3.05, 3.63) is 35.9 Å². The molecule has 0 heterocycles. The van der Waals surface area contributed by atoms with Crippen LogP contribution in [0.3, 0.4) is 0 Å². The van der Waals surface area contributed by atoms with Crippen molar-refractivity contribution < 1.29 is 9.53 Å². The molecule has 0 aliphatic rings. The molecule has 0 fully saturated rings. The molecule has 0 N–H and O–H groups in total. The minimum atomic E-state index is -0.319. The third kappa shape index (κ3) is 3.01. The number of carbonyl (C=O) groups excluding carboxylic acids is 1. The first-order valence-corrected chi connectivity index (χ1v) is 4.37. The topological polar surface area (TPSA) is 38.7 Å². The van der Waals surface area contributed by atoms with Crippen LogP contribution >= 0.6 is 0 Å². The summed E-state index contributed by atoms with van der Waals surface area (Å²) in [5.74, 6) is -0.319. The summed E-state index contributed by atoms with van der Waals surface area (Å²) in [4.78, 5) is 14.9. The summed E-state index contributed by atoms with van der Waals surface area (Å²) >= 11 is 0. The molecule has 0 aliphatic heterocycles. The fraction of sp³-hybridized carbons (Fsp3) is 0.273. The molecule has 0 aromatic heterocycles. The average molecular weight is 191 g/mol. The molecule has 0 atom stereocenters. The summed E-state index contributed by atoms with van der Waals surface area (Å²) in [6.07, 6.45) is 0.